The van der Waals surface area contributed by atoms with Crippen LogP contribution in [0, 0.1) is 0 Å². The number of H-pyrrole nitrogens is 1. The van der Waals surface area contributed by atoms with Crippen LogP contribution in [0.25, 0.3) is 22.2 Å². The van der Waals surface area contributed by atoms with E-state index in [2.05, 4.69) is 43.3 Å². The summed E-state index contributed by atoms with van der Waals surface area (Å²) in [7, 11) is 0. The number of benzene rings is 2. The lowest BCUT2D eigenvalue weighted by molar-refractivity contribution is -0.115. The molecule has 4 aromatic rings. The van der Waals surface area contributed by atoms with Crippen LogP contribution in [0.4, 0.5) is 5.82 Å². The van der Waals surface area contributed by atoms with Crippen molar-refractivity contribution in [2.75, 3.05) is 11.9 Å². The Bertz CT molecular complexity index is 1180. The van der Waals surface area contributed by atoms with E-state index in [9.17, 15) is 4.79 Å². The van der Waals surface area contributed by atoms with Gasteiger partial charge in [-0.15, -0.1) is 5.10 Å². The van der Waals surface area contributed by atoms with E-state index in [0.29, 0.717) is 24.9 Å². The quantitative estimate of drug-likeness (QED) is 0.430. The van der Waals surface area contributed by atoms with Crippen molar-refractivity contribution in [3.8, 4) is 11.3 Å². The van der Waals surface area contributed by atoms with Crippen molar-refractivity contribution in [3.05, 3.63) is 60.3 Å². The molecule has 158 valence electrons. The van der Waals surface area contributed by atoms with Crippen molar-refractivity contribution in [3.63, 3.8) is 0 Å². The summed E-state index contributed by atoms with van der Waals surface area (Å²) in [5, 5.41) is 22.9. The molecule has 0 radical (unpaired) electrons. The largest absolute Gasteiger partial charge is 0.308 e. The summed E-state index contributed by atoms with van der Waals surface area (Å²) in [6.07, 6.45) is 6.70. The van der Waals surface area contributed by atoms with Crippen LogP contribution in [-0.4, -0.2) is 43.7 Å². The van der Waals surface area contributed by atoms with Crippen molar-refractivity contribution < 1.29 is 4.79 Å². The third-order valence-corrected chi connectivity index (χ3v) is 5.75. The molecule has 0 bridgehead atoms. The van der Waals surface area contributed by atoms with Gasteiger partial charge in [-0.05, 0) is 30.5 Å². The summed E-state index contributed by atoms with van der Waals surface area (Å²) in [4.78, 5) is 12.4. The standard InChI is InChI=1S/C23H25N7O/c31-22(13-24-18-8-4-5-9-18)25-23-19-12-17(10-11-20(19)26-28-23)21-15-30(29-27-21)14-16-6-2-1-3-7-16/h1-3,6-7,10-12,15,18,24H,4-5,8-9,13-14H2,(H2,25,26,28,31). The first kappa shape index (κ1) is 19.4. The molecule has 1 fully saturated rings. The molecule has 0 atom stereocenters. The van der Waals surface area contributed by atoms with Crippen LogP contribution in [0.2, 0.25) is 0 Å². The Labute approximate surface area is 180 Å². The molecule has 0 aliphatic heterocycles. The Balaban J connectivity index is 1.30. The smallest absolute Gasteiger partial charge is 0.239 e. The van der Waals surface area contributed by atoms with Crippen LogP contribution in [0.15, 0.2) is 54.7 Å². The summed E-state index contributed by atoms with van der Waals surface area (Å²) >= 11 is 0. The number of rotatable bonds is 7. The van der Waals surface area contributed by atoms with Crippen molar-refractivity contribution in [1.82, 2.24) is 30.5 Å². The minimum atomic E-state index is -0.0838. The summed E-state index contributed by atoms with van der Waals surface area (Å²) < 4.78 is 1.82. The summed E-state index contributed by atoms with van der Waals surface area (Å²) in [5.41, 5.74) is 3.73. The van der Waals surface area contributed by atoms with Crippen LogP contribution < -0.4 is 10.6 Å². The van der Waals surface area contributed by atoms with E-state index in [0.717, 1.165) is 35.0 Å². The fraction of sp³-hybridized carbons (Fsp3) is 0.304. The fourth-order valence-electron chi connectivity index (χ4n) is 4.09. The van der Waals surface area contributed by atoms with Gasteiger partial charge >= 0.3 is 0 Å². The molecule has 3 N–H and O–H groups in total. The van der Waals surface area contributed by atoms with Gasteiger partial charge in [0, 0.05) is 17.0 Å². The van der Waals surface area contributed by atoms with Gasteiger partial charge in [0.2, 0.25) is 5.91 Å². The summed E-state index contributed by atoms with van der Waals surface area (Å²) in [6, 6.07) is 16.5. The Kier molecular flexibility index (Phi) is 5.45. The number of aromatic amines is 1. The number of amides is 1. The second-order valence-electron chi connectivity index (χ2n) is 8.03. The first-order valence-corrected chi connectivity index (χ1v) is 10.7. The van der Waals surface area contributed by atoms with E-state index in [1.54, 1.807) is 0 Å². The zero-order chi connectivity index (χ0) is 21.0. The summed E-state index contributed by atoms with van der Waals surface area (Å²) in [6.45, 7) is 0.962. The fourth-order valence-corrected chi connectivity index (χ4v) is 4.09. The Hall–Kier alpha value is -3.52. The van der Waals surface area contributed by atoms with Gasteiger partial charge in [0.25, 0.3) is 0 Å². The van der Waals surface area contributed by atoms with Gasteiger partial charge < -0.3 is 10.6 Å². The molecule has 31 heavy (non-hydrogen) atoms. The summed E-state index contributed by atoms with van der Waals surface area (Å²) in [5.74, 6) is 0.450. The minimum Gasteiger partial charge on any atom is -0.308 e. The highest BCUT2D eigenvalue weighted by atomic mass is 16.2. The minimum absolute atomic E-state index is 0.0838. The number of carbonyl (C=O) groups is 1. The molecule has 1 aliphatic rings. The first-order valence-electron chi connectivity index (χ1n) is 10.7. The van der Waals surface area contributed by atoms with Crippen LogP contribution >= 0.6 is 0 Å². The number of nitrogens with one attached hydrogen (secondary N) is 3. The third-order valence-electron chi connectivity index (χ3n) is 5.75. The normalized spacial score (nSPS) is 14.3. The molecule has 1 aliphatic carbocycles. The molecule has 2 heterocycles. The topological polar surface area (TPSA) is 101 Å². The molecular weight excluding hydrogens is 390 g/mol. The van der Waals surface area contributed by atoms with Gasteiger partial charge in [-0.1, -0.05) is 54.5 Å². The van der Waals surface area contributed by atoms with E-state index in [4.69, 9.17) is 0 Å². The molecule has 1 saturated carbocycles. The molecule has 0 unspecified atom stereocenters. The molecule has 2 aromatic carbocycles. The predicted octanol–water partition coefficient (Wildman–Crippen LogP) is 3.34. The SMILES string of the molecule is O=C(CNC1CCCC1)Nc1n[nH]c2ccc(-c3cn(Cc4ccccc4)nn3)cc12. The highest BCUT2D eigenvalue weighted by Crippen LogP contribution is 2.26. The van der Waals surface area contributed by atoms with Gasteiger partial charge in [0.1, 0.15) is 5.69 Å². The maximum atomic E-state index is 12.4. The molecule has 8 heteroatoms. The van der Waals surface area contributed by atoms with Gasteiger partial charge in [-0.3, -0.25) is 9.89 Å². The molecule has 2 aromatic heterocycles. The van der Waals surface area contributed by atoms with Gasteiger partial charge in [-0.2, -0.15) is 5.10 Å². The lowest BCUT2D eigenvalue weighted by Crippen LogP contribution is -2.34. The number of aromatic nitrogens is 5. The first-order chi connectivity index (χ1) is 15.2. The molecule has 0 saturated heterocycles. The second-order valence-corrected chi connectivity index (χ2v) is 8.03. The van der Waals surface area contributed by atoms with E-state index in [1.165, 1.54) is 18.4 Å². The highest BCUT2D eigenvalue weighted by Gasteiger charge is 2.16. The van der Waals surface area contributed by atoms with E-state index in [1.807, 2.05) is 47.3 Å². The van der Waals surface area contributed by atoms with Crippen molar-refractivity contribution >= 4 is 22.6 Å². The molecule has 0 spiro atoms. The number of hydrogen-bond acceptors (Lipinski definition) is 5. The number of anilines is 1. The Morgan fingerprint density at radius 2 is 1.97 bits per heavy atom. The van der Waals surface area contributed by atoms with Crippen LogP contribution in [-0.2, 0) is 11.3 Å². The molecule has 5 rings (SSSR count). The number of carbonyl (C=O) groups excluding carboxylic acids is 1. The molecule has 1 amide bonds. The van der Waals surface area contributed by atoms with Gasteiger partial charge in [0.15, 0.2) is 5.82 Å². The number of hydrogen-bond donors (Lipinski definition) is 3. The average molecular weight is 416 g/mol. The van der Waals surface area contributed by atoms with Crippen LogP contribution in [0.5, 0.6) is 0 Å². The van der Waals surface area contributed by atoms with Crippen molar-refractivity contribution in [1.29, 1.82) is 0 Å². The lowest BCUT2D eigenvalue weighted by atomic mass is 10.1. The van der Waals surface area contributed by atoms with E-state index >= 15 is 0 Å². The van der Waals surface area contributed by atoms with Crippen molar-refractivity contribution in [2.45, 2.75) is 38.3 Å². The highest BCUT2D eigenvalue weighted by molar-refractivity contribution is 6.01. The molecule has 8 nitrogen and oxygen atoms in total. The average Bonchev–Trinajstić information content (AvgIpc) is 3.55. The molecular formula is C23H25N7O. The monoisotopic (exact) mass is 415 g/mol. The zero-order valence-electron chi connectivity index (χ0n) is 17.2. The zero-order valence-corrected chi connectivity index (χ0v) is 17.2. The van der Waals surface area contributed by atoms with E-state index < -0.39 is 0 Å². The van der Waals surface area contributed by atoms with E-state index in [-0.39, 0.29) is 5.91 Å². The van der Waals surface area contributed by atoms with Crippen molar-refractivity contribution in [2.24, 2.45) is 0 Å². The Morgan fingerprint density at radius 3 is 2.81 bits per heavy atom. The maximum absolute atomic E-state index is 12.4. The van der Waals surface area contributed by atoms with Crippen LogP contribution in [0.1, 0.15) is 31.2 Å². The van der Waals surface area contributed by atoms with Crippen LogP contribution in [0.3, 0.4) is 0 Å². The Morgan fingerprint density at radius 1 is 1.13 bits per heavy atom. The lowest BCUT2D eigenvalue weighted by Gasteiger charge is -2.11. The number of nitrogens with zero attached hydrogens (tertiary/aromatic N) is 4. The maximum Gasteiger partial charge on any atom is 0.239 e. The number of fused-ring (bicyclic) bond motifs is 1. The third kappa shape index (κ3) is 4.49. The second kappa shape index (κ2) is 8.69. The van der Waals surface area contributed by atoms with Gasteiger partial charge in [0.05, 0.1) is 24.8 Å². The predicted molar refractivity (Wildman–Crippen MR) is 120 cm³/mol. The van der Waals surface area contributed by atoms with Gasteiger partial charge in [-0.25, -0.2) is 4.68 Å².